The fourth-order valence-electron chi connectivity index (χ4n) is 5.04. The largest absolute Gasteiger partial charge is 0.460 e. The van der Waals surface area contributed by atoms with Crippen LogP contribution in [0.4, 0.5) is 10.6 Å². The third kappa shape index (κ3) is 10.8. The number of hydrogen-bond acceptors (Lipinski definition) is 9. The molecule has 0 spiro atoms. The topological polar surface area (TPSA) is 143 Å². The van der Waals surface area contributed by atoms with E-state index in [2.05, 4.69) is 20.6 Å². The van der Waals surface area contributed by atoms with Gasteiger partial charge in [-0.2, -0.15) is 0 Å². The SMILES string of the molecule is CCOC(=O)N1CCN(C(=O)C(CCC(=O)OC(C)(C)C)NC(=O)c2cc(NCCc3ccccc3)nc(-c3ccccc3)n2)CC1. The van der Waals surface area contributed by atoms with E-state index >= 15 is 0 Å². The van der Waals surface area contributed by atoms with Gasteiger partial charge in [0.25, 0.3) is 5.91 Å². The Morgan fingerprint density at radius 2 is 1.53 bits per heavy atom. The molecule has 0 bridgehead atoms. The summed E-state index contributed by atoms with van der Waals surface area (Å²) >= 11 is 0. The number of anilines is 1. The molecule has 1 unspecified atom stereocenters. The van der Waals surface area contributed by atoms with Crippen LogP contribution in [0.3, 0.4) is 0 Å². The number of ether oxygens (including phenoxy) is 2. The maximum atomic E-state index is 13.8. The Bertz CT molecular complexity index is 1500. The molecule has 12 nitrogen and oxygen atoms in total. The molecule has 0 saturated carbocycles. The predicted octanol–water partition coefficient (Wildman–Crippen LogP) is 4.32. The molecule has 1 saturated heterocycles. The molecule has 1 aromatic heterocycles. The van der Waals surface area contributed by atoms with E-state index in [0.29, 0.717) is 31.3 Å². The first kappa shape index (κ1) is 34.9. The summed E-state index contributed by atoms with van der Waals surface area (Å²) in [6, 6.07) is 19.9. The summed E-state index contributed by atoms with van der Waals surface area (Å²) in [5.74, 6) is -0.596. The summed E-state index contributed by atoms with van der Waals surface area (Å²) in [4.78, 5) is 64.6. The summed E-state index contributed by atoms with van der Waals surface area (Å²) in [6.07, 6.45) is 0.261. The molecular formula is C35H44N6O6. The number of esters is 1. The zero-order chi connectivity index (χ0) is 33.8. The van der Waals surface area contributed by atoms with Gasteiger partial charge in [0.15, 0.2) is 5.82 Å². The molecule has 4 rings (SSSR count). The molecule has 3 amide bonds. The van der Waals surface area contributed by atoms with E-state index < -0.39 is 29.6 Å². The highest BCUT2D eigenvalue weighted by molar-refractivity contribution is 5.97. The maximum Gasteiger partial charge on any atom is 0.409 e. The van der Waals surface area contributed by atoms with E-state index in [1.54, 1.807) is 43.6 Å². The molecule has 0 radical (unpaired) electrons. The molecule has 12 heteroatoms. The van der Waals surface area contributed by atoms with Crippen molar-refractivity contribution in [3.63, 3.8) is 0 Å². The van der Waals surface area contributed by atoms with Gasteiger partial charge in [-0.15, -0.1) is 0 Å². The minimum absolute atomic E-state index is 0.0242. The fraction of sp³-hybridized carbons (Fsp3) is 0.429. The lowest BCUT2D eigenvalue weighted by Gasteiger charge is -2.36. The van der Waals surface area contributed by atoms with Crippen LogP contribution in [0.2, 0.25) is 0 Å². The highest BCUT2D eigenvalue weighted by atomic mass is 16.6. The van der Waals surface area contributed by atoms with E-state index in [1.165, 1.54) is 0 Å². The van der Waals surface area contributed by atoms with Crippen LogP contribution >= 0.6 is 0 Å². The number of nitrogens with zero attached hydrogens (tertiary/aromatic N) is 4. The molecule has 1 aliphatic rings. The van der Waals surface area contributed by atoms with Gasteiger partial charge in [-0.3, -0.25) is 14.4 Å². The normalized spacial score (nSPS) is 13.8. The lowest BCUT2D eigenvalue weighted by Crippen LogP contribution is -2.56. The first-order valence-corrected chi connectivity index (χ1v) is 16.0. The third-order valence-corrected chi connectivity index (χ3v) is 7.33. The summed E-state index contributed by atoms with van der Waals surface area (Å²) in [5, 5.41) is 6.13. The lowest BCUT2D eigenvalue weighted by atomic mass is 10.1. The predicted molar refractivity (Wildman–Crippen MR) is 178 cm³/mol. The van der Waals surface area contributed by atoms with Gasteiger partial charge in [0, 0.05) is 50.8 Å². The molecule has 1 aliphatic heterocycles. The smallest absolute Gasteiger partial charge is 0.409 e. The summed E-state index contributed by atoms with van der Waals surface area (Å²) < 4.78 is 10.5. The van der Waals surface area contributed by atoms with Crippen molar-refractivity contribution in [1.29, 1.82) is 0 Å². The average molecular weight is 645 g/mol. The minimum Gasteiger partial charge on any atom is -0.460 e. The van der Waals surface area contributed by atoms with Crippen molar-refractivity contribution in [1.82, 2.24) is 25.1 Å². The monoisotopic (exact) mass is 644 g/mol. The number of aromatic nitrogens is 2. The summed E-state index contributed by atoms with van der Waals surface area (Å²) in [5.41, 5.74) is 1.26. The van der Waals surface area contributed by atoms with E-state index in [0.717, 1.165) is 17.5 Å². The molecule has 47 heavy (non-hydrogen) atoms. The highest BCUT2D eigenvalue weighted by Crippen LogP contribution is 2.19. The highest BCUT2D eigenvalue weighted by Gasteiger charge is 2.32. The van der Waals surface area contributed by atoms with Gasteiger partial charge in [0.05, 0.1) is 6.61 Å². The Morgan fingerprint density at radius 3 is 2.17 bits per heavy atom. The summed E-state index contributed by atoms with van der Waals surface area (Å²) in [6.45, 7) is 8.98. The molecule has 2 heterocycles. The van der Waals surface area contributed by atoms with E-state index in [-0.39, 0.29) is 44.1 Å². The second kappa shape index (κ2) is 16.5. The number of piperazine rings is 1. The Kier molecular flexibility index (Phi) is 12.3. The number of benzene rings is 2. The molecule has 2 N–H and O–H groups in total. The van der Waals surface area contributed by atoms with Crippen molar-refractivity contribution in [2.75, 3.05) is 44.6 Å². The van der Waals surface area contributed by atoms with E-state index in [9.17, 15) is 19.2 Å². The van der Waals surface area contributed by atoms with Crippen molar-refractivity contribution in [2.24, 2.45) is 0 Å². The molecule has 1 atom stereocenters. The van der Waals surface area contributed by atoms with Crippen LogP contribution in [0, 0.1) is 0 Å². The van der Waals surface area contributed by atoms with E-state index in [4.69, 9.17) is 9.47 Å². The average Bonchev–Trinajstić information content (AvgIpc) is 3.06. The number of rotatable bonds is 12. The quantitative estimate of drug-likeness (QED) is 0.276. The number of hydrogen-bond donors (Lipinski definition) is 2. The number of nitrogens with one attached hydrogen (secondary N) is 2. The van der Waals surface area contributed by atoms with Crippen molar-refractivity contribution in [2.45, 2.75) is 58.6 Å². The van der Waals surface area contributed by atoms with Crippen LogP contribution in [-0.2, 0) is 25.5 Å². The number of carbonyl (C=O) groups excluding carboxylic acids is 4. The van der Waals surface area contributed by atoms with Crippen LogP contribution in [0.1, 0.15) is 56.6 Å². The Labute approximate surface area is 275 Å². The molecule has 2 aromatic carbocycles. The van der Waals surface area contributed by atoms with Gasteiger partial charge in [-0.05, 0) is 46.1 Å². The Hall–Kier alpha value is -5.00. The van der Waals surface area contributed by atoms with Gasteiger partial charge in [0.1, 0.15) is 23.2 Å². The Morgan fingerprint density at radius 1 is 0.894 bits per heavy atom. The van der Waals surface area contributed by atoms with Crippen LogP contribution in [0.25, 0.3) is 11.4 Å². The van der Waals surface area contributed by atoms with Crippen LogP contribution in [0.5, 0.6) is 0 Å². The number of carbonyl (C=O) groups is 4. The van der Waals surface area contributed by atoms with Gasteiger partial charge in [-0.25, -0.2) is 14.8 Å². The van der Waals surface area contributed by atoms with Gasteiger partial charge < -0.3 is 29.9 Å². The molecule has 0 aliphatic carbocycles. The number of amides is 3. The fourth-order valence-corrected chi connectivity index (χ4v) is 5.04. The zero-order valence-electron chi connectivity index (χ0n) is 27.5. The first-order chi connectivity index (χ1) is 22.5. The molecular weight excluding hydrogens is 600 g/mol. The minimum atomic E-state index is -1.03. The summed E-state index contributed by atoms with van der Waals surface area (Å²) in [7, 11) is 0. The Balaban J connectivity index is 1.53. The van der Waals surface area contributed by atoms with Gasteiger partial charge in [0.2, 0.25) is 5.91 Å². The maximum absolute atomic E-state index is 13.8. The van der Waals surface area contributed by atoms with Gasteiger partial charge >= 0.3 is 12.1 Å². The van der Waals surface area contributed by atoms with Crippen LogP contribution in [0.15, 0.2) is 66.7 Å². The van der Waals surface area contributed by atoms with Crippen LogP contribution in [-0.4, -0.2) is 94.6 Å². The molecule has 3 aromatic rings. The second-order valence-electron chi connectivity index (χ2n) is 12.2. The van der Waals surface area contributed by atoms with Crippen LogP contribution < -0.4 is 10.6 Å². The van der Waals surface area contributed by atoms with Crippen molar-refractivity contribution < 1.29 is 28.7 Å². The van der Waals surface area contributed by atoms with Crippen molar-refractivity contribution in [3.05, 3.63) is 78.0 Å². The first-order valence-electron chi connectivity index (χ1n) is 16.0. The van der Waals surface area contributed by atoms with Gasteiger partial charge in [-0.1, -0.05) is 60.7 Å². The third-order valence-electron chi connectivity index (χ3n) is 7.33. The second-order valence-corrected chi connectivity index (χ2v) is 12.2. The standard InChI is InChI=1S/C35H44N6O6/c1-5-46-34(45)41-22-20-40(21-23-41)33(44)27(16-17-30(42)47-35(2,3)4)38-32(43)28-24-29(36-19-18-25-12-8-6-9-13-25)39-31(37-28)26-14-10-7-11-15-26/h6-15,24,27H,5,16-23H2,1-4H3,(H,38,43)(H,36,37,39). The zero-order valence-corrected chi connectivity index (χ0v) is 27.5. The van der Waals surface area contributed by atoms with E-state index in [1.807, 2.05) is 60.7 Å². The van der Waals surface area contributed by atoms with Crippen molar-refractivity contribution in [3.8, 4) is 11.4 Å². The molecule has 1 fully saturated rings. The molecule has 250 valence electrons. The lowest BCUT2D eigenvalue weighted by molar-refractivity contribution is -0.155. The van der Waals surface area contributed by atoms with Crippen molar-refractivity contribution >= 4 is 29.7 Å².